The van der Waals surface area contributed by atoms with Crippen molar-refractivity contribution in [1.82, 2.24) is 14.9 Å². The molecule has 1 aliphatic rings. The van der Waals surface area contributed by atoms with Crippen molar-refractivity contribution in [2.75, 3.05) is 18.4 Å². The molecule has 1 amide bonds. The SMILES string of the molecule is CCC1CCCCN1C(=O)CCNc1ncnc2sc(C)cc12. The highest BCUT2D eigenvalue weighted by Crippen LogP contribution is 2.27. The number of aromatic nitrogens is 2. The zero-order valence-corrected chi connectivity index (χ0v) is 14.7. The van der Waals surface area contributed by atoms with Gasteiger partial charge in [0.15, 0.2) is 0 Å². The molecule has 2 aromatic rings. The highest BCUT2D eigenvalue weighted by atomic mass is 32.1. The Labute approximate surface area is 141 Å². The Kier molecular flexibility index (Phi) is 5.10. The number of likely N-dealkylation sites (tertiary alicyclic amines) is 1. The van der Waals surface area contributed by atoms with Crippen LogP contribution in [0.1, 0.15) is 43.9 Å². The van der Waals surface area contributed by atoms with Crippen LogP contribution in [0.2, 0.25) is 0 Å². The molecule has 0 radical (unpaired) electrons. The first kappa shape index (κ1) is 16.2. The van der Waals surface area contributed by atoms with Crippen LogP contribution in [-0.2, 0) is 4.79 Å². The fourth-order valence-electron chi connectivity index (χ4n) is 3.30. The van der Waals surface area contributed by atoms with Gasteiger partial charge in [-0.05, 0) is 38.7 Å². The summed E-state index contributed by atoms with van der Waals surface area (Å²) in [4.78, 5) is 25.4. The molecule has 0 aromatic carbocycles. The summed E-state index contributed by atoms with van der Waals surface area (Å²) < 4.78 is 0. The van der Waals surface area contributed by atoms with Gasteiger partial charge in [0.25, 0.3) is 0 Å². The summed E-state index contributed by atoms with van der Waals surface area (Å²) in [6.07, 6.45) is 6.69. The third-order valence-electron chi connectivity index (χ3n) is 4.50. The van der Waals surface area contributed by atoms with Crippen LogP contribution in [0.15, 0.2) is 12.4 Å². The van der Waals surface area contributed by atoms with E-state index in [2.05, 4.69) is 40.1 Å². The van der Waals surface area contributed by atoms with Crippen LogP contribution in [0.3, 0.4) is 0 Å². The topological polar surface area (TPSA) is 58.1 Å². The second kappa shape index (κ2) is 7.25. The van der Waals surface area contributed by atoms with E-state index >= 15 is 0 Å². The van der Waals surface area contributed by atoms with Gasteiger partial charge in [0, 0.05) is 30.4 Å². The van der Waals surface area contributed by atoms with Crippen molar-refractivity contribution in [2.24, 2.45) is 0 Å². The third-order valence-corrected chi connectivity index (χ3v) is 5.46. The van der Waals surface area contributed by atoms with Crippen LogP contribution in [0, 0.1) is 6.92 Å². The minimum Gasteiger partial charge on any atom is -0.369 e. The fraction of sp³-hybridized carbons (Fsp3) is 0.588. The minimum absolute atomic E-state index is 0.260. The predicted molar refractivity (Wildman–Crippen MR) is 94.9 cm³/mol. The number of rotatable bonds is 5. The number of thiophene rings is 1. The van der Waals surface area contributed by atoms with E-state index < -0.39 is 0 Å². The average molecular weight is 332 g/mol. The first-order valence-corrected chi connectivity index (χ1v) is 9.25. The number of hydrogen-bond donors (Lipinski definition) is 1. The van der Waals surface area contributed by atoms with Gasteiger partial charge in [0.1, 0.15) is 17.0 Å². The standard InChI is InChI=1S/C17H24N4OS/c1-3-13-6-4-5-9-21(13)15(22)7-8-18-16-14-10-12(2)23-17(14)20-11-19-16/h10-11,13H,3-9H2,1-2H3,(H,18,19,20). The highest BCUT2D eigenvalue weighted by Gasteiger charge is 2.24. The van der Waals surface area contributed by atoms with Gasteiger partial charge in [-0.15, -0.1) is 11.3 Å². The lowest BCUT2D eigenvalue weighted by Gasteiger charge is -2.35. The molecule has 3 rings (SSSR count). The smallest absolute Gasteiger partial charge is 0.224 e. The molecule has 5 nitrogen and oxygen atoms in total. The molecule has 3 heterocycles. The summed E-state index contributed by atoms with van der Waals surface area (Å²) in [7, 11) is 0. The highest BCUT2D eigenvalue weighted by molar-refractivity contribution is 7.18. The number of aryl methyl sites for hydroxylation is 1. The fourth-order valence-corrected chi connectivity index (χ4v) is 4.15. The number of carbonyl (C=O) groups is 1. The second-order valence-electron chi connectivity index (χ2n) is 6.12. The van der Waals surface area contributed by atoms with Crippen LogP contribution in [0.5, 0.6) is 0 Å². The van der Waals surface area contributed by atoms with E-state index in [-0.39, 0.29) is 5.91 Å². The number of hydrogen-bond acceptors (Lipinski definition) is 5. The summed E-state index contributed by atoms with van der Waals surface area (Å²) >= 11 is 1.67. The van der Waals surface area contributed by atoms with Gasteiger partial charge in [0.05, 0.1) is 5.39 Å². The van der Waals surface area contributed by atoms with Gasteiger partial charge >= 0.3 is 0 Å². The molecule has 1 atom stereocenters. The number of carbonyl (C=O) groups excluding carboxylic acids is 1. The van der Waals surface area contributed by atoms with Crippen LogP contribution in [0.4, 0.5) is 5.82 Å². The average Bonchev–Trinajstić information content (AvgIpc) is 2.95. The molecule has 0 spiro atoms. The van der Waals surface area contributed by atoms with Gasteiger partial charge in [-0.2, -0.15) is 0 Å². The normalized spacial score (nSPS) is 18.3. The Morgan fingerprint density at radius 2 is 2.30 bits per heavy atom. The number of anilines is 1. The molecule has 2 aromatic heterocycles. The molecule has 0 saturated carbocycles. The monoisotopic (exact) mass is 332 g/mol. The van der Waals surface area contributed by atoms with Gasteiger partial charge in [-0.1, -0.05) is 6.92 Å². The molecular weight excluding hydrogens is 308 g/mol. The summed E-state index contributed by atoms with van der Waals surface area (Å²) in [5, 5.41) is 4.36. The maximum absolute atomic E-state index is 12.5. The van der Waals surface area contributed by atoms with Crippen LogP contribution >= 0.6 is 11.3 Å². The van der Waals surface area contributed by atoms with Crippen molar-refractivity contribution < 1.29 is 4.79 Å². The van der Waals surface area contributed by atoms with Crippen LogP contribution < -0.4 is 5.32 Å². The van der Waals surface area contributed by atoms with Crippen molar-refractivity contribution in [3.63, 3.8) is 0 Å². The number of piperidine rings is 1. The molecule has 124 valence electrons. The largest absolute Gasteiger partial charge is 0.369 e. The van der Waals surface area contributed by atoms with Gasteiger partial charge in [-0.3, -0.25) is 4.79 Å². The van der Waals surface area contributed by atoms with Crippen molar-refractivity contribution >= 4 is 33.3 Å². The molecule has 0 aliphatic carbocycles. The Morgan fingerprint density at radius 3 is 3.13 bits per heavy atom. The van der Waals surface area contributed by atoms with E-state index in [0.717, 1.165) is 41.8 Å². The van der Waals surface area contributed by atoms with Crippen LogP contribution in [0.25, 0.3) is 10.2 Å². The molecular formula is C17H24N4OS. The van der Waals surface area contributed by atoms with E-state index in [4.69, 9.17) is 0 Å². The molecule has 1 saturated heterocycles. The number of amides is 1. The lowest BCUT2D eigenvalue weighted by atomic mass is 9.99. The number of nitrogens with zero attached hydrogens (tertiary/aromatic N) is 3. The van der Waals surface area contributed by atoms with Crippen LogP contribution in [-0.4, -0.2) is 39.9 Å². The molecule has 0 bridgehead atoms. The Bertz CT molecular complexity index is 684. The minimum atomic E-state index is 0.260. The van der Waals surface area contributed by atoms with Gasteiger partial charge < -0.3 is 10.2 Å². The van der Waals surface area contributed by atoms with E-state index in [0.29, 0.717) is 19.0 Å². The first-order chi connectivity index (χ1) is 11.2. The maximum atomic E-state index is 12.5. The summed E-state index contributed by atoms with van der Waals surface area (Å²) in [6.45, 7) is 5.78. The zero-order valence-electron chi connectivity index (χ0n) is 13.8. The van der Waals surface area contributed by atoms with E-state index in [1.807, 2.05) is 0 Å². The number of nitrogens with one attached hydrogen (secondary N) is 1. The van der Waals surface area contributed by atoms with Crippen molar-refractivity contribution in [1.29, 1.82) is 0 Å². The van der Waals surface area contributed by atoms with E-state index in [1.54, 1.807) is 17.7 Å². The van der Waals surface area contributed by atoms with Crippen molar-refractivity contribution in [2.45, 2.75) is 52.0 Å². The summed E-state index contributed by atoms with van der Waals surface area (Å²) in [5.74, 6) is 1.09. The van der Waals surface area contributed by atoms with Crippen molar-refractivity contribution in [3.05, 3.63) is 17.3 Å². The molecule has 1 aliphatic heterocycles. The summed E-state index contributed by atoms with van der Waals surface area (Å²) in [5.41, 5.74) is 0. The molecule has 1 N–H and O–H groups in total. The summed E-state index contributed by atoms with van der Waals surface area (Å²) in [6, 6.07) is 2.53. The Hall–Kier alpha value is -1.69. The van der Waals surface area contributed by atoms with Gasteiger partial charge in [-0.25, -0.2) is 9.97 Å². The van der Waals surface area contributed by atoms with Gasteiger partial charge in [0.2, 0.25) is 5.91 Å². The molecule has 6 heteroatoms. The maximum Gasteiger partial charge on any atom is 0.224 e. The van der Waals surface area contributed by atoms with Crippen molar-refractivity contribution in [3.8, 4) is 0 Å². The Morgan fingerprint density at radius 1 is 1.43 bits per heavy atom. The Balaban J connectivity index is 1.59. The molecule has 1 unspecified atom stereocenters. The number of fused-ring (bicyclic) bond motifs is 1. The predicted octanol–water partition coefficient (Wildman–Crippen LogP) is 3.59. The molecule has 23 heavy (non-hydrogen) atoms. The zero-order chi connectivity index (χ0) is 16.2. The van der Waals surface area contributed by atoms with E-state index in [1.165, 1.54) is 11.3 Å². The first-order valence-electron chi connectivity index (χ1n) is 8.43. The lowest BCUT2D eigenvalue weighted by Crippen LogP contribution is -2.43. The molecule has 1 fully saturated rings. The second-order valence-corrected chi connectivity index (χ2v) is 7.35. The lowest BCUT2D eigenvalue weighted by molar-refractivity contribution is -0.134. The third kappa shape index (κ3) is 3.63. The van der Waals surface area contributed by atoms with E-state index in [9.17, 15) is 4.79 Å². The quantitative estimate of drug-likeness (QED) is 0.909.